The molecular weight excluding hydrogens is 250 g/mol. The second kappa shape index (κ2) is 10.9. The van der Waals surface area contributed by atoms with Gasteiger partial charge in [0.05, 0.1) is 5.92 Å². The molecule has 0 aromatic carbocycles. The van der Waals surface area contributed by atoms with Crippen molar-refractivity contribution in [3.8, 4) is 0 Å². The number of hydrogen-bond donors (Lipinski definition) is 1. The third-order valence-electron chi connectivity index (χ3n) is 4.12. The normalized spacial score (nSPS) is 17.6. The van der Waals surface area contributed by atoms with Gasteiger partial charge in [0.2, 0.25) is 0 Å². The number of rotatable bonds is 10. The highest BCUT2D eigenvalue weighted by Crippen LogP contribution is 2.19. The Morgan fingerprint density at radius 2 is 2.05 bits per heavy atom. The zero-order valence-corrected chi connectivity index (χ0v) is 13.0. The molecule has 0 unspecified atom stereocenters. The zero-order valence-electron chi connectivity index (χ0n) is 13.0. The van der Waals surface area contributed by atoms with Crippen LogP contribution in [0.2, 0.25) is 0 Å². The fourth-order valence-electron chi connectivity index (χ4n) is 2.80. The minimum atomic E-state index is -0.105. The van der Waals surface area contributed by atoms with E-state index in [-0.39, 0.29) is 11.9 Å². The van der Waals surface area contributed by atoms with Crippen molar-refractivity contribution in [1.82, 2.24) is 5.48 Å². The van der Waals surface area contributed by atoms with E-state index in [1.54, 1.807) is 0 Å². The summed E-state index contributed by atoms with van der Waals surface area (Å²) >= 11 is 0. The van der Waals surface area contributed by atoms with Crippen molar-refractivity contribution in [3.05, 3.63) is 12.7 Å². The Morgan fingerprint density at radius 3 is 2.70 bits per heavy atom. The number of unbranched alkanes of at least 4 members (excludes halogenated alkanes) is 3. The molecule has 0 amide bonds. The third-order valence-corrected chi connectivity index (χ3v) is 4.12. The number of carbonyl (C=O) groups is 1. The van der Waals surface area contributed by atoms with Gasteiger partial charge in [-0.1, -0.05) is 57.9 Å². The Hall–Kier alpha value is -0.830. The van der Waals surface area contributed by atoms with Crippen molar-refractivity contribution in [2.45, 2.75) is 83.6 Å². The van der Waals surface area contributed by atoms with Crippen LogP contribution < -0.4 is 5.48 Å². The van der Waals surface area contributed by atoms with Gasteiger partial charge in [-0.3, -0.25) is 4.79 Å². The molecule has 1 N–H and O–H groups in total. The molecule has 1 rings (SSSR count). The van der Waals surface area contributed by atoms with Crippen molar-refractivity contribution >= 4 is 5.97 Å². The Labute approximate surface area is 124 Å². The number of carbonyl (C=O) groups excluding carboxylic acids is 1. The van der Waals surface area contributed by atoms with Crippen molar-refractivity contribution < 1.29 is 9.63 Å². The lowest BCUT2D eigenvalue weighted by Gasteiger charge is -2.23. The Morgan fingerprint density at radius 1 is 1.30 bits per heavy atom. The predicted octanol–water partition coefficient (Wildman–Crippen LogP) is 4.53. The van der Waals surface area contributed by atoms with Crippen LogP contribution in [-0.2, 0) is 9.63 Å². The molecule has 1 aliphatic rings. The molecule has 0 aliphatic heterocycles. The van der Waals surface area contributed by atoms with E-state index in [9.17, 15) is 4.79 Å². The Balaban J connectivity index is 2.25. The molecule has 0 bridgehead atoms. The fraction of sp³-hybridized carbons (Fsp3) is 0.824. The lowest BCUT2D eigenvalue weighted by molar-refractivity contribution is -0.158. The van der Waals surface area contributed by atoms with Crippen LogP contribution in [-0.4, -0.2) is 12.0 Å². The number of allylic oxidation sites excluding steroid dienone is 1. The molecule has 0 spiro atoms. The van der Waals surface area contributed by atoms with Gasteiger partial charge in [0.1, 0.15) is 0 Å². The van der Waals surface area contributed by atoms with E-state index in [1.807, 2.05) is 6.08 Å². The first-order chi connectivity index (χ1) is 9.77. The van der Waals surface area contributed by atoms with Crippen molar-refractivity contribution in [1.29, 1.82) is 0 Å². The minimum Gasteiger partial charge on any atom is -0.370 e. The van der Waals surface area contributed by atoms with Crippen LogP contribution in [0.4, 0.5) is 0 Å². The summed E-state index contributed by atoms with van der Waals surface area (Å²) in [6, 6.07) is 0.358. The summed E-state index contributed by atoms with van der Waals surface area (Å²) in [5.74, 6) is -0.132. The minimum absolute atomic E-state index is 0.0274. The van der Waals surface area contributed by atoms with Gasteiger partial charge >= 0.3 is 5.97 Å². The van der Waals surface area contributed by atoms with Gasteiger partial charge in [-0.15, -0.1) is 6.58 Å². The first-order valence-corrected chi connectivity index (χ1v) is 8.35. The van der Waals surface area contributed by atoms with Gasteiger partial charge in [-0.05, 0) is 25.7 Å². The molecule has 1 aliphatic carbocycles. The van der Waals surface area contributed by atoms with Crippen LogP contribution in [0.25, 0.3) is 0 Å². The second-order valence-electron chi connectivity index (χ2n) is 5.94. The largest absolute Gasteiger partial charge is 0.370 e. The summed E-state index contributed by atoms with van der Waals surface area (Å²) in [7, 11) is 0. The maximum atomic E-state index is 12.1. The molecular formula is C17H31NO2. The van der Waals surface area contributed by atoms with Crippen LogP contribution in [0.1, 0.15) is 77.6 Å². The van der Waals surface area contributed by atoms with Crippen LogP contribution in [0.5, 0.6) is 0 Å². The monoisotopic (exact) mass is 281 g/mol. The molecule has 0 aromatic rings. The molecule has 116 valence electrons. The lowest BCUT2D eigenvalue weighted by Crippen LogP contribution is -2.35. The van der Waals surface area contributed by atoms with Crippen LogP contribution >= 0.6 is 0 Å². The summed E-state index contributed by atoms with van der Waals surface area (Å²) in [4.78, 5) is 17.4. The fourth-order valence-corrected chi connectivity index (χ4v) is 2.80. The van der Waals surface area contributed by atoms with Crippen molar-refractivity contribution in [3.63, 3.8) is 0 Å². The summed E-state index contributed by atoms with van der Waals surface area (Å²) in [5.41, 5.74) is 2.98. The van der Waals surface area contributed by atoms with E-state index < -0.39 is 0 Å². The first-order valence-electron chi connectivity index (χ1n) is 8.35. The maximum Gasteiger partial charge on any atom is 0.328 e. The Kier molecular flexibility index (Phi) is 9.38. The topological polar surface area (TPSA) is 38.3 Å². The molecule has 0 radical (unpaired) electrons. The molecule has 1 fully saturated rings. The van der Waals surface area contributed by atoms with Crippen molar-refractivity contribution in [2.75, 3.05) is 0 Å². The lowest BCUT2D eigenvalue weighted by atomic mass is 9.96. The van der Waals surface area contributed by atoms with E-state index in [2.05, 4.69) is 19.0 Å². The molecule has 1 saturated carbocycles. The average molecular weight is 281 g/mol. The second-order valence-corrected chi connectivity index (χ2v) is 5.94. The van der Waals surface area contributed by atoms with E-state index in [0.29, 0.717) is 6.04 Å². The van der Waals surface area contributed by atoms with E-state index in [1.165, 1.54) is 38.5 Å². The highest BCUT2D eigenvalue weighted by Gasteiger charge is 2.21. The van der Waals surface area contributed by atoms with Gasteiger partial charge < -0.3 is 4.84 Å². The van der Waals surface area contributed by atoms with Gasteiger partial charge in [-0.2, -0.15) is 5.48 Å². The van der Waals surface area contributed by atoms with Crippen LogP contribution in [0, 0.1) is 5.92 Å². The molecule has 0 saturated heterocycles. The quantitative estimate of drug-likeness (QED) is 0.363. The molecule has 20 heavy (non-hydrogen) atoms. The summed E-state index contributed by atoms with van der Waals surface area (Å²) in [5, 5.41) is 0. The Bertz CT molecular complexity index is 272. The van der Waals surface area contributed by atoms with Gasteiger partial charge in [0, 0.05) is 6.04 Å². The number of hydroxylamine groups is 1. The van der Waals surface area contributed by atoms with E-state index in [4.69, 9.17) is 4.84 Å². The van der Waals surface area contributed by atoms with Crippen molar-refractivity contribution in [2.24, 2.45) is 5.92 Å². The molecule has 3 heteroatoms. The number of nitrogens with one attached hydrogen (secondary N) is 1. The standard InChI is InChI=1S/C17H31NO2/c1-3-5-6-8-12-15(11-4-2)17(19)20-18-16-13-9-7-10-14-16/h4,15-16,18H,2-3,5-14H2,1H3/t15-/m1/s1. The summed E-state index contributed by atoms with van der Waals surface area (Å²) in [6.45, 7) is 5.95. The predicted molar refractivity (Wildman–Crippen MR) is 83.2 cm³/mol. The highest BCUT2D eigenvalue weighted by atomic mass is 16.7. The zero-order chi connectivity index (χ0) is 14.6. The molecule has 0 heterocycles. The maximum absolute atomic E-state index is 12.1. The SMILES string of the molecule is C=CC[C@H](CCCCCC)C(=O)ONC1CCCCC1. The highest BCUT2D eigenvalue weighted by molar-refractivity contribution is 5.72. The van der Waals surface area contributed by atoms with Crippen LogP contribution in [0.15, 0.2) is 12.7 Å². The smallest absolute Gasteiger partial charge is 0.328 e. The van der Waals surface area contributed by atoms with Gasteiger partial charge in [0.15, 0.2) is 0 Å². The molecule has 3 nitrogen and oxygen atoms in total. The number of hydrogen-bond acceptors (Lipinski definition) is 3. The van der Waals surface area contributed by atoms with E-state index in [0.717, 1.165) is 32.1 Å². The molecule has 1 atom stereocenters. The first kappa shape index (κ1) is 17.2. The summed E-state index contributed by atoms with van der Waals surface area (Å²) < 4.78 is 0. The van der Waals surface area contributed by atoms with E-state index >= 15 is 0 Å². The van der Waals surface area contributed by atoms with Gasteiger partial charge in [0.25, 0.3) is 0 Å². The average Bonchev–Trinajstić information content (AvgIpc) is 2.49. The third kappa shape index (κ3) is 7.09. The molecule has 0 aromatic heterocycles. The van der Waals surface area contributed by atoms with Gasteiger partial charge in [-0.25, -0.2) is 0 Å². The summed E-state index contributed by atoms with van der Waals surface area (Å²) in [6.07, 6.45) is 14.3. The van der Waals surface area contributed by atoms with Crippen LogP contribution in [0.3, 0.4) is 0 Å².